The number of carbonyl (C=O) groups excluding carboxylic acids is 1. The summed E-state index contributed by atoms with van der Waals surface area (Å²) in [4.78, 5) is 12.5. The minimum absolute atomic E-state index is 0.0304. The highest BCUT2D eigenvalue weighted by Crippen LogP contribution is 2.45. The van der Waals surface area contributed by atoms with Gasteiger partial charge in [0.05, 0.1) is 5.92 Å². The second kappa shape index (κ2) is 5.51. The van der Waals surface area contributed by atoms with E-state index in [9.17, 15) is 18.8 Å². The van der Waals surface area contributed by atoms with Crippen molar-refractivity contribution in [2.24, 2.45) is 11.7 Å². The molecule has 1 aromatic rings. The predicted molar refractivity (Wildman–Crippen MR) is 77.4 cm³/mol. The highest BCUT2D eigenvalue weighted by molar-refractivity contribution is 5.99. The van der Waals surface area contributed by atoms with Gasteiger partial charge in [0, 0.05) is 30.0 Å². The second-order valence-corrected chi connectivity index (χ2v) is 5.86. The molecule has 6 heteroatoms. The molecule has 0 spiro atoms. The van der Waals surface area contributed by atoms with E-state index >= 15 is 0 Å². The molecule has 4 nitrogen and oxygen atoms in total. The number of hydrogen-bond donors (Lipinski definition) is 1. The van der Waals surface area contributed by atoms with E-state index in [1.165, 1.54) is 6.07 Å². The van der Waals surface area contributed by atoms with Crippen LogP contribution >= 0.6 is 0 Å². The van der Waals surface area contributed by atoms with E-state index in [1.54, 1.807) is 0 Å². The summed E-state index contributed by atoms with van der Waals surface area (Å²) >= 11 is 0. The van der Waals surface area contributed by atoms with Crippen LogP contribution in [-0.4, -0.2) is 5.78 Å². The molecule has 0 aromatic heterocycles. The lowest BCUT2D eigenvalue weighted by Gasteiger charge is -2.33. The quantitative estimate of drug-likeness (QED) is 0.864. The zero-order valence-corrected chi connectivity index (χ0v) is 12.4. The molecule has 1 aromatic carbocycles. The molecule has 3 rings (SSSR count). The van der Waals surface area contributed by atoms with Crippen LogP contribution in [0, 0.1) is 28.9 Å². The molecule has 2 atom stereocenters. The Balaban J connectivity index is 2.22. The fraction of sp³-hybridized carbons (Fsp3) is 0.294. The smallest absolute Gasteiger partial charge is 0.205 e. The SMILES string of the molecule is C[C@@H]1CC(=O)C2=C(C1)OC(N)=C(C#N)[C@H]2c1ccc(F)cc1F. The van der Waals surface area contributed by atoms with Gasteiger partial charge in [0.25, 0.3) is 0 Å². The first kappa shape index (κ1) is 15.2. The first-order valence-corrected chi connectivity index (χ1v) is 7.21. The first-order chi connectivity index (χ1) is 10.9. The molecule has 118 valence electrons. The number of hydrogen-bond acceptors (Lipinski definition) is 4. The third kappa shape index (κ3) is 2.48. The Hall–Kier alpha value is -2.68. The van der Waals surface area contributed by atoms with Crippen LogP contribution in [0.25, 0.3) is 0 Å². The summed E-state index contributed by atoms with van der Waals surface area (Å²) < 4.78 is 32.9. The topological polar surface area (TPSA) is 76.1 Å². The molecular formula is C17H14F2N2O2. The lowest BCUT2D eigenvalue weighted by atomic mass is 9.75. The summed E-state index contributed by atoms with van der Waals surface area (Å²) in [7, 11) is 0. The monoisotopic (exact) mass is 316 g/mol. The number of benzene rings is 1. The van der Waals surface area contributed by atoms with Crippen molar-refractivity contribution >= 4 is 5.78 Å². The van der Waals surface area contributed by atoms with Gasteiger partial charge < -0.3 is 10.5 Å². The number of allylic oxidation sites excluding steroid dienone is 3. The lowest BCUT2D eigenvalue weighted by molar-refractivity contribution is -0.117. The summed E-state index contributed by atoms with van der Waals surface area (Å²) in [6.07, 6.45) is 0.778. The number of nitrogens with zero attached hydrogens (tertiary/aromatic N) is 1. The van der Waals surface area contributed by atoms with E-state index in [1.807, 2.05) is 13.0 Å². The van der Waals surface area contributed by atoms with Crippen molar-refractivity contribution in [2.75, 3.05) is 0 Å². The number of carbonyl (C=O) groups is 1. The fourth-order valence-corrected chi connectivity index (χ4v) is 3.14. The highest BCUT2D eigenvalue weighted by Gasteiger charge is 2.40. The summed E-state index contributed by atoms with van der Waals surface area (Å²) in [6, 6.07) is 4.95. The van der Waals surface area contributed by atoms with Crippen molar-refractivity contribution in [1.29, 1.82) is 5.26 Å². The average Bonchev–Trinajstić information content (AvgIpc) is 2.45. The third-order valence-corrected chi connectivity index (χ3v) is 4.14. The average molecular weight is 316 g/mol. The molecule has 23 heavy (non-hydrogen) atoms. The van der Waals surface area contributed by atoms with Crippen molar-refractivity contribution in [3.8, 4) is 6.07 Å². The summed E-state index contributed by atoms with van der Waals surface area (Å²) in [5.41, 5.74) is 6.05. The summed E-state index contributed by atoms with van der Waals surface area (Å²) in [6.45, 7) is 1.90. The lowest BCUT2D eigenvalue weighted by Crippen LogP contribution is -2.30. The van der Waals surface area contributed by atoms with Crippen molar-refractivity contribution in [1.82, 2.24) is 0 Å². The van der Waals surface area contributed by atoms with Crippen LogP contribution in [-0.2, 0) is 9.53 Å². The number of ether oxygens (including phenoxy) is 1. The number of halogens is 2. The molecule has 0 amide bonds. The van der Waals surface area contributed by atoms with Crippen LogP contribution in [0.15, 0.2) is 41.0 Å². The minimum atomic E-state index is -0.954. The zero-order valence-electron chi connectivity index (χ0n) is 12.4. The maximum Gasteiger partial charge on any atom is 0.205 e. The van der Waals surface area contributed by atoms with Gasteiger partial charge in [0.2, 0.25) is 5.88 Å². The molecule has 0 radical (unpaired) electrons. The van der Waals surface area contributed by atoms with Gasteiger partial charge in [-0.1, -0.05) is 13.0 Å². The third-order valence-electron chi connectivity index (χ3n) is 4.14. The Morgan fingerprint density at radius 3 is 2.74 bits per heavy atom. The van der Waals surface area contributed by atoms with Crippen LogP contribution < -0.4 is 5.73 Å². The number of rotatable bonds is 1. The first-order valence-electron chi connectivity index (χ1n) is 7.21. The maximum absolute atomic E-state index is 14.2. The van der Waals surface area contributed by atoms with Gasteiger partial charge in [-0.3, -0.25) is 4.79 Å². The normalized spacial score (nSPS) is 24.2. The number of nitriles is 1. The van der Waals surface area contributed by atoms with E-state index < -0.39 is 17.6 Å². The molecule has 1 aliphatic heterocycles. The maximum atomic E-state index is 14.2. The van der Waals surface area contributed by atoms with Gasteiger partial charge in [0.15, 0.2) is 5.78 Å². The Morgan fingerprint density at radius 1 is 1.35 bits per heavy atom. The molecule has 0 unspecified atom stereocenters. The number of nitrogens with two attached hydrogens (primary N) is 1. The predicted octanol–water partition coefficient (Wildman–Crippen LogP) is 3.03. The molecular weight excluding hydrogens is 302 g/mol. The van der Waals surface area contributed by atoms with Crippen LogP contribution in [0.1, 0.15) is 31.2 Å². The number of ketones is 1. The van der Waals surface area contributed by atoms with Crippen LogP contribution in [0.4, 0.5) is 8.78 Å². The van der Waals surface area contributed by atoms with Crippen molar-refractivity contribution < 1.29 is 18.3 Å². The second-order valence-electron chi connectivity index (χ2n) is 5.86. The fourth-order valence-electron chi connectivity index (χ4n) is 3.14. The molecule has 1 heterocycles. The van der Waals surface area contributed by atoms with Crippen LogP contribution in [0.5, 0.6) is 0 Å². The zero-order chi connectivity index (χ0) is 16.7. The van der Waals surface area contributed by atoms with Gasteiger partial charge in [0.1, 0.15) is 29.0 Å². The van der Waals surface area contributed by atoms with E-state index in [0.29, 0.717) is 18.6 Å². The molecule has 0 bridgehead atoms. The summed E-state index contributed by atoms with van der Waals surface area (Å²) in [5.74, 6) is -2.39. The largest absolute Gasteiger partial charge is 0.444 e. The standard InChI is InChI=1S/C17H14F2N2O2/c1-8-4-13(22)16-14(5-8)23-17(21)11(7-20)15(16)10-3-2-9(18)6-12(10)19/h2-3,6,8,15H,4-5,21H2,1H3/t8-,15-/m1/s1. The Morgan fingerprint density at radius 2 is 2.09 bits per heavy atom. The molecule has 0 saturated heterocycles. The van der Waals surface area contributed by atoms with E-state index in [4.69, 9.17) is 10.5 Å². The van der Waals surface area contributed by atoms with Gasteiger partial charge >= 0.3 is 0 Å². The molecule has 0 saturated carbocycles. The van der Waals surface area contributed by atoms with Crippen molar-refractivity contribution in [2.45, 2.75) is 25.7 Å². The van der Waals surface area contributed by atoms with Gasteiger partial charge in [-0.25, -0.2) is 8.78 Å². The van der Waals surface area contributed by atoms with Crippen molar-refractivity contribution in [3.63, 3.8) is 0 Å². The Labute approximate surface area is 131 Å². The van der Waals surface area contributed by atoms with Gasteiger partial charge in [-0.05, 0) is 12.0 Å². The molecule has 1 aliphatic carbocycles. The molecule has 2 N–H and O–H groups in total. The highest BCUT2D eigenvalue weighted by atomic mass is 19.1. The molecule has 2 aliphatic rings. The van der Waals surface area contributed by atoms with Gasteiger partial charge in [-0.2, -0.15) is 5.26 Å². The van der Waals surface area contributed by atoms with Crippen LogP contribution in [0.3, 0.4) is 0 Å². The van der Waals surface area contributed by atoms with Crippen LogP contribution in [0.2, 0.25) is 0 Å². The summed E-state index contributed by atoms with van der Waals surface area (Å²) in [5, 5.41) is 9.37. The molecule has 0 fully saturated rings. The van der Waals surface area contributed by atoms with E-state index in [0.717, 1.165) is 12.1 Å². The minimum Gasteiger partial charge on any atom is -0.444 e. The van der Waals surface area contributed by atoms with Gasteiger partial charge in [-0.15, -0.1) is 0 Å². The van der Waals surface area contributed by atoms with Crippen molar-refractivity contribution in [3.05, 3.63) is 58.2 Å². The van der Waals surface area contributed by atoms with E-state index in [2.05, 4.69) is 0 Å². The van der Waals surface area contributed by atoms with E-state index in [-0.39, 0.29) is 34.3 Å². The Bertz CT molecular complexity index is 805. The number of Topliss-reactive ketones (excluding diaryl/α,β-unsaturated/α-hetero) is 1. The Kier molecular flexibility index (Phi) is 3.64.